The Labute approximate surface area is 145 Å². The Morgan fingerprint density at radius 3 is 2.83 bits per heavy atom. The number of aromatic nitrogens is 4. The van der Waals surface area contributed by atoms with Crippen LogP contribution < -0.4 is 5.32 Å². The van der Waals surface area contributed by atoms with Gasteiger partial charge in [-0.05, 0) is 19.8 Å². The molecule has 2 fully saturated rings. The molecule has 1 saturated carbocycles. The molecule has 1 aliphatic carbocycles. The van der Waals surface area contributed by atoms with Crippen LogP contribution in [0.25, 0.3) is 0 Å². The highest BCUT2D eigenvalue weighted by Crippen LogP contribution is 2.40. The fraction of sp³-hybridized carbons (Fsp3) is 0.625. The molecule has 1 aliphatic heterocycles. The minimum Gasteiger partial charge on any atom is -0.360 e. The van der Waals surface area contributed by atoms with Crippen LogP contribution in [0.1, 0.15) is 48.3 Å². The highest BCUT2D eigenvalue weighted by molar-refractivity contribution is 7.09. The summed E-state index contributed by atoms with van der Waals surface area (Å²) in [6.45, 7) is 2.77. The second kappa shape index (κ2) is 5.84. The summed E-state index contributed by atoms with van der Waals surface area (Å²) >= 11 is 1.42. The van der Waals surface area contributed by atoms with Crippen LogP contribution in [-0.2, 0) is 11.8 Å². The fourth-order valence-electron chi connectivity index (χ4n) is 3.44. The number of nitrogens with zero attached hydrogens (tertiary/aromatic N) is 5. The highest BCUT2D eigenvalue weighted by Gasteiger charge is 2.40. The molecule has 128 valence electrons. The summed E-state index contributed by atoms with van der Waals surface area (Å²) in [7, 11) is 3.82. The van der Waals surface area contributed by atoms with E-state index in [-0.39, 0.29) is 17.9 Å². The molecule has 1 N–H and O–H groups in total. The summed E-state index contributed by atoms with van der Waals surface area (Å²) in [4.78, 5) is 18.7. The standard InChI is InChI=1S/C16H22N6OS/c1-9-12(8-18-22(9)3)14-11(6-13(23)21(14)2)7-17-16-19-15(20-24-16)10-4-5-10/h8,10-11,14H,4-7H2,1-3H3,(H,17,19,20)/t11-,14+/m0/s1. The van der Waals surface area contributed by atoms with Gasteiger partial charge >= 0.3 is 0 Å². The number of hydrogen-bond acceptors (Lipinski definition) is 6. The van der Waals surface area contributed by atoms with Crippen molar-refractivity contribution in [2.45, 2.75) is 38.1 Å². The third-order valence-corrected chi connectivity index (χ3v) is 5.87. The van der Waals surface area contributed by atoms with Gasteiger partial charge in [0.2, 0.25) is 11.0 Å². The third-order valence-electron chi connectivity index (χ3n) is 5.19. The minimum atomic E-state index is 0.0644. The van der Waals surface area contributed by atoms with Gasteiger partial charge in [0.05, 0.1) is 12.2 Å². The van der Waals surface area contributed by atoms with E-state index in [4.69, 9.17) is 0 Å². The zero-order valence-corrected chi connectivity index (χ0v) is 15.0. The van der Waals surface area contributed by atoms with E-state index in [1.165, 1.54) is 24.4 Å². The number of anilines is 1. The van der Waals surface area contributed by atoms with Gasteiger partial charge in [0.25, 0.3) is 0 Å². The number of aryl methyl sites for hydroxylation is 1. The van der Waals surface area contributed by atoms with Crippen LogP contribution in [0.2, 0.25) is 0 Å². The van der Waals surface area contributed by atoms with Gasteiger partial charge in [-0.15, -0.1) is 0 Å². The van der Waals surface area contributed by atoms with Gasteiger partial charge < -0.3 is 10.2 Å². The Bertz CT molecular complexity index is 764. The van der Waals surface area contributed by atoms with E-state index in [1.54, 1.807) is 0 Å². The van der Waals surface area contributed by atoms with E-state index in [2.05, 4.69) is 26.7 Å². The van der Waals surface area contributed by atoms with E-state index in [9.17, 15) is 4.79 Å². The number of amides is 1. The van der Waals surface area contributed by atoms with Crippen molar-refractivity contribution < 1.29 is 4.79 Å². The molecule has 0 bridgehead atoms. The summed E-state index contributed by atoms with van der Waals surface area (Å²) in [5.41, 5.74) is 2.24. The Balaban J connectivity index is 1.49. The summed E-state index contributed by atoms with van der Waals surface area (Å²) in [5.74, 6) is 1.94. The normalized spacial score (nSPS) is 24.0. The molecule has 2 aromatic rings. The first-order valence-corrected chi connectivity index (χ1v) is 9.13. The third kappa shape index (κ3) is 2.68. The Kier molecular flexibility index (Phi) is 3.79. The quantitative estimate of drug-likeness (QED) is 0.897. The van der Waals surface area contributed by atoms with E-state index >= 15 is 0 Å². The summed E-state index contributed by atoms with van der Waals surface area (Å²) in [6.07, 6.45) is 4.86. The van der Waals surface area contributed by atoms with Crippen LogP contribution in [0.5, 0.6) is 0 Å². The van der Waals surface area contributed by atoms with Crippen LogP contribution in [0.15, 0.2) is 6.20 Å². The van der Waals surface area contributed by atoms with E-state index < -0.39 is 0 Å². The SMILES string of the molecule is Cc1c([C@H]2[C@H](CNc3nc(C4CC4)ns3)CC(=O)N2C)cnn1C. The first-order chi connectivity index (χ1) is 11.5. The van der Waals surface area contributed by atoms with Gasteiger partial charge in [-0.1, -0.05) is 0 Å². The maximum atomic E-state index is 12.2. The van der Waals surface area contributed by atoms with Gasteiger partial charge in [0.15, 0.2) is 0 Å². The lowest BCUT2D eigenvalue weighted by atomic mass is 9.94. The van der Waals surface area contributed by atoms with Crippen molar-refractivity contribution in [2.24, 2.45) is 13.0 Å². The molecule has 1 saturated heterocycles. The summed E-state index contributed by atoms with van der Waals surface area (Å²) in [6, 6.07) is 0.0644. The van der Waals surface area contributed by atoms with E-state index in [0.717, 1.165) is 22.2 Å². The van der Waals surface area contributed by atoms with Gasteiger partial charge in [0.1, 0.15) is 5.82 Å². The largest absolute Gasteiger partial charge is 0.360 e. The molecule has 0 aromatic carbocycles. The minimum absolute atomic E-state index is 0.0644. The second-order valence-corrected chi connectivity index (χ2v) is 7.59. The van der Waals surface area contributed by atoms with Crippen LogP contribution in [-0.4, -0.2) is 43.5 Å². The first-order valence-electron chi connectivity index (χ1n) is 8.36. The average molecular weight is 346 g/mol. The molecule has 0 spiro atoms. The molecular weight excluding hydrogens is 324 g/mol. The van der Waals surface area contributed by atoms with Crippen LogP contribution in [0, 0.1) is 12.8 Å². The van der Waals surface area contributed by atoms with Crippen molar-refractivity contribution in [2.75, 3.05) is 18.9 Å². The topological polar surface area (TPSA) is 75.9 Å². The maximum absolute atomic E-state index is 12.2. The lowest BCUT2D eigenvalue weighted by Gasteiger charge is -2.25. The van der Waals surface area contributed by atoms with Crippen LogP contribution >= 0.6 is 11.5 Å². The summed E-state index contributed by atoms with van der Waals surface area (Å²) in [5, 5.41) is 8.60. The molecule has 8 heteroatoms. The Morgan fingerprint density at radius 1 is 1.38 bits per heavy atom. The van der Waals surface area contributed by atoms with Crippen molar-refractivity contribution in [1.82, 2.24) is 24.0 Å². The van der Waals surface area contributed by atoms with E-state index in [0.29, 0.717) is 18.9 Å². The molecule has 0 radical (unpaired) electrons. The number of carbonyl (C=O) groups is 1. The predicted octanol–water partition coefficient (Wildman–Crippen LogP) is 2.09. The molecule has 2 aromatic heterocycles. The molecule has 3 heterocycles. The molecule has 24 heavy (non-hydrogen) atoms. The zero-order valence-electron chi connectivity index (χ0n) is 14.2. The lowest BCUT2D eigenvalue weighted by molar-refractivity contribution is -0.127. The molecule has 2 atom stereocenters. The molecule has 1 amide bonds. The molecule has 2 aliphatic rings. The smallest absolute Gasteiger partial charge is 0.223 e. The van der Waals surface area contributed by atoms with Gasteiger partial charge in [-0.2, -0.15) is 9.47 Å². The van der Waals surface area contributed by atoms with Gasteiger partial charge in [-0.25, -0.2) is 4.98 Å². The van der Waals surface area contributed by atoms with Crippen molar-refractivity contribution in [3.8, 4) is 0 Å². The van der Waals surface area contributed by atoms with E-state index in [1.807, 2.05) is 29.9 Å². The van der Waals surface area contributed by atoms with Crippen molar-refractivity contribution in [1.29, 1.82) is 0 Å². The molecular formula is C16H22N6OS. The van der Waals surface area contributed by atoms with Crippen molar-refractivity contribution in [3.05, 3.63) is 23.3 Å². The van der Waals surface area contributed by atoms with Crippen LogP contribution in [0.4, 0.5) is 5.13 Å². The number of carbonyl (C=O) groups excluding carboxylic acids is 1. The second-order valence-electron chi connectivity index (χ2n) is 6.84. The average Bonchev–Trinajstić information content (AvgIpc) is 3.14. The highest BCUT2D eigenvalue weighted by atomic mass is 32.1. The monoisotopic (exact) mass is 346 g/mol. The van der Waals surface area contributed by atoms with Crippen LogP contribution in [0.3, 0.4) is 0 Å². The molecule has 7 nitrogen and oxygen atoms in total. The zero-order chi connectivity index (χ0) is 16.8. The van der Waals surface area contributed by atoms with Crippen molar-refractivity contribution in [3.63, 3.8) is 0 Å². The fourth-order valence-corrected chi connectivity index (χ4v) is 4.09. The lowest BCUT2D eigenvalue weighted by Crippen LogP contribution is -2.27. The first kappa shape index (κ1) is 15.6. The number of rotatable bonds is 5. The Morgan fingerprint density at radius 2 is 2.17 bits per heavy atom. The maximum Gasteiger partial charge on any atom is 0.223 e. The number of nitrogens with one attached hydrogen (secondary N) is 1. The number of likely N-dealkylation sites (tertiary alicyclic amines) is 1. The predicted molar refractivity (Wildman–Crippen MR) is 91.9 cm³/mol. The van der Waals surface area contributed by atoms with Gasteiger partial charge in [-0.3, -0.25) is 9.48 Å². The molecule has 0 unspecified atom stereocenters. The molecule has 4 rings (SSSR count). The number of hydrogen-bond donors (Lipinski definition) is 1. The Hall–Kier alpha value is -1.96. The van der Waals surface area contributed by atoms with Crippen molar-refractivity contribution >= 4 is 22.6 Å². The van der Waals surface area contributed by atoms with Gasteiger partial charge in [0, 0.05) is 61.7 Å². The summed E-state index contributed by atoms with van der Waals surface area (Å²) < 4.78 is 6.29.